The van der Waals surface area contributed by atoms with Crippen LogP contribution in [0.25, 0.3) is 0 Å². The molecule has 1 saturated carbocycles. The van der Waals surface area contributed by atoms with Gasteiger partial charge < -0.3 is 15.7 Å². The van der Waals surface area contributed by atoms with Gasteiger partial charge in [-0.3, -0.25) is 4.79 Å². The number of carboxylic acids is 1. The van der Waals surface area contributed by atoms with Gasteiger partial charge >= 0.3 is 12.0 Å². The molecule has 0 aromatic carbocycles. The van der Waals surface area contributed by atoms with E-state index in [2.05, 4.69) is 17.6 Å². The summed E-state index contributed by atoms with van der Waals surface area (Å²) in [5.74, 6) is 0.780. The molecule has 0 aromatic heterocycles. The zero-order chi connectivity index (χ0) is 15.0. The highest BCUT2D eigenvalue weighted by Crippen LogP contribution is 2.27. The lowest BCUT2D eigenvalue weighted by Gasteiger charge is -2.26. The Balaban J connectivity index is 2.09. The standard InChI is InChI=1S/C15H28N2O3/c1-11-4-3-5-13(8-11)10-17-15(20)16-9-12(2)6-7-14(18)19/h11-13H,3-10H2,1-2H3,(H,18,19)(H2,16,17,20). The molecule has 1 fully saturated rings. The molecule has 0 heterocycles. The van der Waals surface area contributed by atoms with Crippen molar-refractivity contribution in [2.75, 3.05) is 13.1 Å². The first kappa shape index (κ1) is 16.8. The SMILES string of the molecule is CC(CCC(=O)O)CNC(=O)NCC1CCCC(C)C1. The van der Waals surface area contributed by atoms with Gasteiger partial charge in [-0.05, 0) is 37.0 Å². The maximum Gasteiger partial charge on any atom is 0.314 e. The third-order valence-electron chi connectivity index (χ3n) is 4.06. The number of nitrogens with one attached hydrogen (secondary N) is 2. The molecule has 0 spiro atoms. The van der Waals surface area contributed by atoms with E-state index in [1.807, 2.05) is 6.92 Å². The molecule has 1 aliphatic carbocycles. The highest BCUT2D eigenvalue weighted by atomic mass is 16.4. The van der Waals surface area contributed by atoms with Crippen molar-refractivity contribution in [3.63, 3.8) is 0 Å². The van der Waals surface area contributed by atoms with Crippen molar-refractivity contribution in [1.82, 2.24) is 10.6 Å². The summed E-state index contributed by atoms with van der Waals surface area (Å²) in [7, 11) is 0. The smallest absolute Gasteiger partial charge is 0.314 e. The first-order valence-electron chi connectivity index (χ1n) is 7.70. The number of carboxylic acid groups (broad SMARTS) is 1. The van der Waals surface area contributed by atoms with Gasteiger partial charge in [-0.25, -0.2) is 4.79 Å². The van der Waals surface area contributed by atoms with Crippen LogP contribution in [0.4, 0.5) is 4.79 Å². The van der Waals surface area contributed by atoms with Crippen molar-refractivity contribution >= 4 is 12.0 Å². The number of carbonyl (C=O) groups excluding carboxylic acids is 1. The summed E-state index contributed by atoms with van der Waals surface area (Å²) in [5, 5.41) is 14.3. The normalized spacial score (nSPS) is 23.9. The summed E-state index contributed by atoms with van der Waals surface area (Å²) in [6.45, 7) is 5.50. The number of rotatable bonds is 7. The fourth-order valence-electron chi connectivity index (χ4n) is 2.78. The minimum Gasteiger partial charge on any atom is -0.481 e. The van der Waals surface area contributed by atoms with Crippen LogP contribution in [-0.2, 0) is 4.79 Å². The Labute approximate surface area is 121 Å². The largest absolute Gasteiger partial charge is 0.481 e. The summed E-state index contributed by atoms with van der Waals surface area (Å²) >= 11 is 0. The number of amides is 2. The van der Waals surface area contributed by atoms with Crippen LogP contribution in [0.2, 0.25) is 0 Å². The summed E-state index contributed by atoms with van der Waals surface area (Å²) < 4.78 is 0. The minimum absolute atomic E-state index is 0.134. The lowest BCUT2D eigenvalue weighted by atomic mass is 9.82. The summed E-state index contributed by atoms with van der Waals surface area (Å²) in [5.41, 5.74) is 0. The highest BCUT2D eigenvalue weighted by Gasteiger charge is 2.19. The van der Waals surface area contributed by atoms with Gasteiger partial charge in [-0.1, -0.05) is 26.7 Å². The predicted octanol–water partition coefficient (Wildman–Crippen LogP) is 2.61. The lowest BCUT2D eigenvalue weighted by molar-refractivity contribution is -0.137. The molecule has 0 aromatic rings. The molecule has 2 amide bonds. The molecule has 1 aliphatic rings. The topological polar surface area (TPSA) is 78.4 Å². The summed E-state index contributed by atoms with van der Waals surface area (Å²) in [6, 6.07) is -0.134. The quantitative estimate of drug-likeness (QED) is 0.672. The van der Waals surface area contributed by atoms with Crippen molar-refractivity contribution in [3.8, 4) is 0 Å². The van der Waals surface area contributed by atoms with Crippen LogP contribution in [0, 0.1) is 17.8 Å². The van der Waals surface area contributed by atoms with E-state index >= 15 is 0 Å². The molecule has 1 rings (SSSR count). The van der Waals surface area contributed by atoms with E-state index in [4.69, 9.17) is 5.11 Å². The van der Waals surface area contributed by atoms with Gasteiger partial charge in [0.2, 0.25) is 0 Å². The van der Waals surface area contributed by atoms with Crippen LogP contribution in [0.3, 0.4) is 0 Å². The molecule has 3 N–H and O–H groups in total. The fraction of sp³-hybridized carbons (Fsp3) is 0.867. The average molecular weight is 284 g/mol. The molecule has 0 saturated heterocycles. The van der Waals surface area contributed by atoms with E-state index in [9.17, 15) is 9.59 Å². The Morgan fingerprint density at radius 1 is 1.30 bits per heavy atom. The second-order valence-electron chi connectivity index (χ2n) is 6.27. The Kier molecular flexibility index (Phi) is 7.41. The number of urea groups is 1. The van der Waals surface area contributed by atoms with Gasteiger partial charge in [0.15, 0.2) is 0 Å². The van der Waals surface area contributed by atoms with Gasteiger partial charge in [0.05, 0.1) is 0 Å². The predicted molar refractivity (Wildman–Crippen MR) is 78.6 cm³/mol. The second-order valence-corrected chi connectivity index (χ2v) is 6.27. The number of aliphatic carboxylic acids is 1. The van der Waals surface area contributed by atoms with E-state index in [-0.39, 0.29) is 18.4 Å². The van der Waals surface area contributed by atoms with Crippen molar-refractivity contribution in [1.29, 1.82) is 0 Å². The Hall–Kier alpha value is -1.26. The van der Waals surface area contributed by atoms with E-state index in [1.165, 1.54) is 25.7 Å². The zero-order valence-electron chi connectivity index (χ0n) is 12.7. The monoisotopic (exact) mass is 284 g/mol. The minimum atomic E-state index is -0.785. The van der Waals surface area contributed by atoms with Gasteiger partial charge in [-0.15, -0.1) is 0 Å². The molecule has 3 atom stereocenters. The van der Waals surface area contributed by atoms with Crippen LogP contribution in [0.5, 0.6) is 0 Å². The summed E-state index contributed by atoms with van der Waals surface area (Å²) in [6.07, 6.45) is 5.74. The number of hydrogen-bond acceptors (Lipinski definition) is 2. The van der Waals surface area contributed by atoms with Crippen LogP contribution >= 0.6 is 0 Å². The van der Waals surface area contributed by atoms with E-state index in [1.54, 1.807) is 0 Å². The molecule has 3 unspecified atom stereocenters. The van der Waals surface area contributed by atoms with Gasteiger partial charge in [0, 0.05) is 19.5 Å². The van der Waals surface area contributed by atoms with E-state index in [0.29, 0.717) is 18.9 Å². The molecular weight excluding hydrogens is 256 g/mol. The summed E-state index contributed by atoms with van der Waals surface area (Å²) in [4.78, 5) is 22.1. The zero-order valence-corrected chi connectivity index (χ0v) is 12.7. The molecule has 0 bridgehead atoms. The highest BCUT2D eigenvalue weighted by molar-refractivity contribution is 5.73. The maximum atomic E-state index is 11.7. The Morgan fingerprint density at radius 3 is 2.70 bits per heavy atom. The number of hydrogen-bond donors (Lipinski definition) is 3. The molecule has 20 heavy (non-hydrogen) atoms. The van der Waals surface area contributed by atoms with Gasteiger partial charge in [0.1, 0.15) is 0 Å². The Bertz CT molecular complexity index is 320. The lowest BCUT2D eigenvalue weighted by Crippen LogP contribution is -2.40. The molecule has 116 valence electrons. The number of carbonyl (C=O) groups is 2. The third-order valence-corrected chi connectivity index (χ3v) is 4.06. The fourth-order valence-corrected chi connectivity index (χ4v) is 2.78. The first-order chi connectivity index (χ1) is 9.47. The van der Waals surface area contributed by atoms with Crippen molar-refractivity contribution in [3.05, 3.63) is 0 Å². The molecule has 5 heteroatoms. The van der Waals surface area contributed by atoms with Gasteiger partial charge in [0.25, 0.3) is 0 Å². The van der Waals surface area contributed by atoms with Crippen molar-refractivity contribution in [2.45, 2.75) is 52.4 Å². The average Bonchev–Trinajstić information content (AvgIpc) is 2.40. The molecule has 0 aliphatic heterocycles. The van der Waals surface area contributed by atoms with Gasteiger partial charge in [-0.2, -0.15) is 0 Å². The molecular formula is C15H28N2O3. The van der Waals surface area contributed by atoms with Crippen LogP contribution < -0.4 is 10.6 Å². The van der Waals surface area contributed by atoms with Crippen molar-refractivity contribution < 1.29 is 14.7 Å². The third kappa shape index (κ3) is 7.36. The van der Waals surface area contributed by atoms with E-state index < -0.39 is 5.97 Å². The van der Waals surface area contributed by atoms with Crippen LogP contribution in [-0.4, -0.2) is 30.2 Å². The van der Waals surface area contributed by atoms with Crippen LogP contribution in [0.15, 0.2) is 0 Å². The maximum absolute atomic E-state index is 11.7. The van der Waals surface area contributed by atoms with Crippen molar-refractivity contribution in [2.24, 2.45) is 17.8 Å². The molecule has 5 nitrogen and oxygen atoms in total. The Morgan fingerprint density at radius 2 is 2.05 bits per heavy atom. The molecule has 0 radical (unpaired) electrons. The van der Waals surface area contributed by atoms with E-state index in [0.717, 1.165) is 12.5 Å². The first-order valence-corrected chi connectivity index (χ1v) is 7.70. The second kappa shape index (κ2) is 8.82. The van der Waals surface area contributed by atoms with Crippen LogP contribution in [0.1, 0.15) is 52.4 Å².